The molecular formula is C10H10N4O3S. The molecule has 0 radical (unpaired) electrons. The molecule has 2 aromatic rings. The monoisotopic (exact) mass is 266 g/mol. The SMILES string of the molecule is CCNc1cc([N+](=O)[O-])cc(Sc2ncco2)n1. The number of nitrogens with zero attached hydrogens (tertiary/aromatic N) is 3. The van der Waals surface area contributed by atoms with Crippen LogP contribution in [-0.4, -0.2) is 21.4 Å². The predicted molar refractivity (Wildman–Crippen MR) is 65.7 cm³/mol. The number of nitrogens with one attached hydrogen (secondary N) is 1. The second-order valence-corrected chi connectivity index (χ2v) is 4.21. The molecule has 0 saturated carbocycles. The summed E-state index contributed by atoms with van der Waals surface area (Å²) >= 11 is 1.13. The van der Waals surface area contributed by atoms with Crippen LogP contribution in [0.25, 0.3) is 0 Å². The summed E-state index contributed by atoms with van der Waals surface area (Å²) in [5.41, 5.74) is -0.0185. The molecule has 0 aliphatic rings. The third-order valence-corrected chi connectivity index (χ3v) is 2.75. The Hall–Kier alpha value is -2.09. The Morgan fingerprint density at radius 3 is 3.00 bits per heavy atom. The first-order valence-electron chi connectivity index (χ1n) is 5.16. The summed E-state index contributed by atoms with van der Waals surface area (Å²) in [6.45, 7) is 2.53. The average Bonchev–Trinajstić information content (AvgIpc) is 2.82. The molecule has 0 aromatic carbocycles. The zero-order chi connectivity index (χ0) is 13.0. The molecule has 0 atom stereocenters. The zero-order valence-corrected chi connectivity index (χ0v) is 10.3. The van der Waals surface area contributed by atoms with Gasteiger partial charge < -0.3 is 9.73 Å². The fourth-order valence-electron chi connectivity index (χ4n) is 1.27. The van der Waals surface area contributed by atoms with E-state index in [2.05, 4.69) is 15.3 Å². The molecule has 0 saturated heterocycles. The van der Waals surface area contributed by atoms with Gasteiger partial charge in [0.15, 0.2) is 0 Å². The Kier molecular flexibility index (Phi) is 3.78. The highest BCUT2D eigenvalue weighted by Gasteiger charge is 2.13. The summed E-state index contributed by atoms with van der Waals surface area (Å²) in [5, 5.41) is 14.6. The van der Waals surface area contributed by atoms with E-state index in [1.54, 1.807) is 0 Å². The van der Waals surface area contributed by atoms with Crippen molar-refractivity contribution in [3.8, 4) is 0 Å². The third kappa shape index (κ3) is 2.98. The number of aromatic nitrogens is 2. The molecule has 18 heavy (non-hydrogen) atoms. The molecule has 2 rings (SSSR count). The molecule has 0 aliphatic carbocycles. The van der Waals surface area contributed by atoms with E-state index in [9.17, 15) is 10.1 Å². The maximum atomic E-state index is 10.8. The summed E-state index contributed by atoms with van der Waals surface area (Å²) in [7, 11) is 0. The Bertz CT molecular complexity index is 544. The number of hydrogen-bond acceptors (Lipinski definition) is 7. The molecule has 0 unspecified atom stereocenters. The van der Waals surface area contributed by atoms with Gasteiger partial charge in [0.1, 0.15) is 17.1 Å². The van der Waals surface area contributed by atoms with Gasteiger partial charge in [-0.25, -0.2) is 9.97 Å². The smallest absolute Gasteiger partial charge is 0.275 e. The van der Waals surface area contributed by atoms with Gasteiger partial charge in [-0.1, -0.05) is 0 Å². The maximum Gasteiger partial charge on any atom is 0.275 e. The first-order chi connectivity index (χ1) is 8.69. The second kappa shape index (κ2) is 5.50. The van der Waals surface area contributed by atoms with Gasteiger partial charge in [-0.05, 0) is 18.7 Å². The predicted octanol–water partition coefficient (Wildman–Crippen LogP) is 2.56. The Balaban J connectivity index is 2.30. The Labute approximate surface area is 107 Å². The van der Waals surface area contributed by atoms with E-state index in [1.807, 2.05) is 6.92 Å². The number of oxazole rings is 1. The standard InChI is InChI=1S/C10H10N4O3S/c1-2-11-8-5-7(14(15)16)6-9(13-8)18-10-12-3-4-17-10/h3-6H,2H2,1H3,(H,11,13). The third-order valence-electron chi connectivity index (χ3n) is 1.96. The van der Waals surface area contributed by atoms with E-state index in [4.69, 9.17) is 4.42 Å². The van der Waals surface area contributed by atoms with Gasteiger partial charge in [0.05, 0.1) is 17.2 Å². The van der Waals surface area contributed by atoms with Crippen molar-refractivity contribution in [2.24, 2.45) is 0 Å². The molecular weight excluding hydrogens is 256 g/mol. The minimum atomic E-state index is -0.456. The highest BCUT2D eigenvalue weighted by atomic mass is 32.2. The molecule has 94 valence electrons. The van der Waals surface area contributed by atoms with Crippen molar-refractivity contribution in [3.63, 3.8) is 0 Å². The van der Waals surface area contributed by atoms with Crippen LogP contribution in [0, 0.1) is 10.1 Å². The first kappa shape index (κ1) is 12.4. The molecule has 0 amide bonds. The van der Waals surface area contributed by atoms with Crippen LogP contribution in [0.1, 0.15) is 6.92 Å². The highest BCUT2D eigenvalue weighted by molar-refractivity contribution is 7.99. The van der Waals surface area contributed by atoms with Crippen LogP contribution >= 0.6 is 11.8 Å². The van der Waals surface area contributed by atoms with Gasteiger partial charge in [-0.2, -0.15) is 0 Å². The number of rotatable bonds is 5. The van der Waals surface area contributed by atoms with E-state index in [0.29, 0.717) is 22.6 Å². The molecule has 0 fully saturated rings. The van der Waals surface area contributed by atoms with Crippen LogP contribution in [0.2, 0.25) is 0 Å². The van der Waals surface area contributed by atoms with Crippen molar-refractivity contribution in [1.29, 1.82) is 0 Å². The van der Waals surface area contributed by atoms with Crippen molar-refractivity contribution >= 4 is 23.3 Å². The van der Waals surface area contributed by atoms with E-state index < -0.39 is 4.92 Å². The summed E-state index contributed by atoms with van der Waals surface area (Å²) < 4.78 is 5.06. The van der Waals surface area contributed by atoms with E-state index >= 15 is 0 Å². The molecule has 1 N–H and O–H groups in total. The summed E-state index contributed by atoms with van der Waals surface area (Å²) in [6, 6.07) is 2.78. The lowest BCUT2D eigenvalue weighted by molar-refractivity contribution is -0.385. The number of hydrogen-bond donors (Lipinski definition) is 1. The van der Waals surface area contributed by atoms with Crippen molar-refractivity contribution in [2.45, 2.75) is 17.2 Å². The summed E-state index contributed by atoms with van der Waals surface area (Å²) in [5.74, 6) is 0.459. The minimum absolute atomic E-state index is 0.0185. The van der Waals surface area contributed by atoms with Gasteiger partial charge >= 0.3 is 0 Å². The van der Waals surface area contributed by atoms with Crippen LogP contribution in [0.5, 0.6) is 0 Å². The van der Waals surface area contributed by atoms with Crippen molar-refractivity contribution < 1.29 is 9.34 Å². The van der Waals surface area contributed by atoms with E-state index in [1.165, 1.54) is 24.6 Å². The van der Waals surface area contributed by atoms with Crippen molar-refractivity contribution in [2.75, 3.05) is 11.9 Å². The number of pyridine rings is 1. The lowest BCUT2D eigenvalue weighted by Crippen LogP contribution is -2.01. The summed E-state index contributed by atoms with van der Waals surface area (Å²) in [6.07, 6.45) is 2.94. The minimum Gasteiger partial charge on any atom is -0.440 e. The zero-order valence-electron chi connectivity index (χ0n) is 9.49. The fraction of sp³-hybridized carbons (Fsp3) is 0.200. The Morgan fingerprint density at radius 1 is 1.56 bits per heavy atom. The molecule has 0 bridgehead atoms. The van der Waals surface area contributed by atoms with Crippen LogP contribution in [0.15, 0.2) is 39.3 Å². The molecule has 0 aliphatic heterocycles. The van der Waals surface area contributed by atoms with Gasteiger partial charge in [0.2, 0.25) is 0 Å². The Morgan fingerprint density at radius 2 is 2.39 bits per heavy atom. The molecule has 7 nitrogen and oxygen atoms in total. The largest absolute Gasteiger partial charge is 0.440 e. The second-order valence-electron chi connectivity index (χ2n) is 3.24. The number of anilines is 1. The van der Waals surface area contributed by atoms with E-state index in [-0.39, 0.29) is 5.69 Å². The van der Waals surface area contributed by atoms with Crippen LogP contribution < -0.4 is 5.32 Å². The van der Waals surface area contributed by atoms with Gasteiger partial charge in [0.25, 0.3) is 10.9 Å². The normalized spacial score (nSPS) is 10.3. The van der Waals surface area contributed by atoms with Gasteiger partial charge in [-0.15, -0.1) is 0 Å². The highest BCUT2D eigenvalue weighted by Crippen LogP contribution is 2.29. The topological polar surface area (TPSA) is 94.1 Å². The lowest BCUT2D eigenvalue weighted by Gasteiger charge is -2.04. The van der Waals surface area contributed by atoms with Crippen LogP contribution in [-0.2, 0) is 0 Å². The number of nitro groups is 1. The van der Waals surface area contributed by atoms with Crippen molar-refractivity contribution in [1.82, 2.24) is 9.97 Å². The van der Waals surface area contributed by atoms with Crippen LogP contribution in [0.4, 0.5) is 11.5 Å². The fourth-order valence-corrected chi connectivity index (χ4v) is 1.99. The molecule has 8 heteroatoms. The molecule has 2 aromatic heterocycles. The lowest BCUT2D eigenvalue weighted by atomic mass is 10.4. The van der Waals surface area contributed by atoms with E-state index in [0.717, 1.165) is 11.8 Å². The average molecular weight is 266 g/mol. The van der Waals surface area contributed by atoms with Gasteiger partial charge in [-0.3, -0.25) is 10.1 Å². The summed E-state index contributed by atoms with van der Waals surface area (Å²) in [4.78, 5) is 18.5. The molecule has 2 heterocycles. The van der Waals surface area contributed by atoms with Gasteiger partial charge in [0, 0.05) is 12.6 Å². The van der Waals surface area contributed by atoms with Crippen LogP contribution in [0.3, 0.4) is 0 Å². The first-order valence-corrected chi connectivity index (χ1v) is 5.98. The van der Waals surface area contributed by atoms with Crippen molar-refractivity contribution in [3.05, 3.63) is 34.7 Å². The quantitative estimate of drug-likeness (QED) is 0.656. The molecule has 0 spiro atoms. The maximum absolute atomic E-state index is 10.8.